The lowest BCUT2D eigenvalue weighted by Gasteiger charge is -2.44. The second-order valence-electron chi connectivity index (χ2n) is 15.6. The molecule has 3 aliphatic rings. The number of ketones is 2. The summed E-state index contributed by atoms with van der Waals surface area (Å²) < 4.78 is 12.7. The molecule has 5 unspecified atom stereocenters. The van der Waals surface area contributed by atoms with E-state index < -0.39 is 63.5 Å². The third kappa shape index (κ3) is 6.20. The van der Waals surface area contributed by atoms with Gasteiger partial charge in [-0.2, -0.15) is 0 Å². The maximum atomic E-state index is 15.0. The van der Waals surface area contributed by atoms with Gasteiger partial charge in [-0.05, 0) is 83.4 Å². The van der Waals surface area contributed by atoms with Gasteiger partial charge in [0.15, 0.2) is 5.78 Å². The minimum atomic E-state index is -2.78. The average molecular weight is 777 g/mol. The molecule has 0 fully saturated rings. The molecule has 7 rings (SSSR count). The average Bonchev–Trinajstić information content (AvgIpc) is 3.37. The summed E-state index contributed by atoms with van der Waals surface area (Å²) in [7, 11) is 0. The van der Waals surface area contributed by atoms with E-state index in [0.717, 1.165) is 23.3 Å². The molecule has 0 radical (unpaired) electrons. The van der Waals surface area contributed by atoms with Crippen LogP contribution >= 0.6 is 0 Å². The summed E-state index contributed by atoms with van der Waals surface area (Å²) >= 11 is 0. The van der Waals surface area contributed by atoms with Gasteiger partial charge in [0, 0.05) is 59.1 Å². The van der Waals surface area contributed by atoms with E-state index in [9.17, 15) is 45.6 Å². The van der Waals surface area contributed by atoms with Gasteiger partial charge in [-0.25, -0.2) is 0 Å². The van der Waals surface area contributed by atoms with Crippen LogP contribution in [-0.4, -0.2) is 58.2 Å². The molecule has 5 atom stereocenters. The normalized spacial score (nSPS) is 23.2. The highest BCUT2D eigenvalue weighted by Crippen LogP contribution is 2.62. The first-order chi connectivity index (χ1) is 26.9. The zero-order valence-electron chi connectivity index (χ0n) is 32.0. The highest BCUT2D eigenvalue weighted by Gasteiger charge is 2.70. The molecule has 0 saturated heterocycles. The highest BCUT2D eigenvalue weighted by atomic mass is 16.7. The molecule has 12 nitrogen and oxygen atoms in total. The van der Waals surface area contributed by atoms with Crippen LogP contribution in [0.15, 0.2) is 89.5 Å². The Kier molecular flexibility index (Phi) is 9.52. The molecular formula is C45H44O12. The topological polar surface area (TPSA) is 214 Å². The van der Waals surface area contributed by atoms with Gasteiger partial charge in [0.1, 0.15) is 57.3 Å². The molecule has 0 amide bonds. The second kappa shape index (κ2) is 14.0. The molecular weight excluding hydrogens is 732 g/mol. The van der Waals surface area contributed by atoms with Crippen LogP contribution in [0.1, 0.15) is 102 Å². The van der Waals surface area contributed by atoms with E-state index in [4.69, 9.17) is 9.47 Å². The Balaban J connectivity index is 1.52. The summed E-state index contributed by atoms with van der Waals surface area (Å²) in [6, 6.07) is 11.5. The first-order valence-electron chi connectivity index (χ1n) is 18.5. The van der Waals surface area contributed by atoms with E-state index in [1.165, 1.54) is 42.5 Å². The summed E-state index contributed by atoms with van der Waals surface area (Å²) in [5.41, 5.74) is 0.0194. The van der Waals surface area contributed by atoms with E-state index in [1.807, 2.05) is 27.7 Å². The van der Waals surface area contributed by atoms with Gasteiger partial charge in [0.05, 0.1) is 5.56 Å². The highest BCUT2D eigenvalue weighted by molar-refractivity contribution is 6.10. The summed E-state index contributed by atoms with van der Waals surface area (Å²) in [6.45, 7) is 9.08. The number of Topliss-reactive ketones (excluding diaryl/α,β-unsaturated/α-hetero) is 2. The Labute approximate surface area is 328 Å². The lowest BCUT2D eigenvalue weighted by molar-refractivity contribution is -0.202. The van der Waals surface area contributed by atoms with Gasteiger partial charge in [-0.3, -0.25) is 9.59 Å². The zero-order valence-corrected chi connectivity index (χ0v) is 32.0. The number of hydrogen-bond acceptors (Lipinski definition) is 12. The first kappa shape index (κ1) is 38.9. The molecule has 57 heavy (non-hydrogen) atoms. The van der Waals surface area contributed by atoms with Crippen LogP contribution in [0, 0.1) is 5.92 Å². The minimum absolute atomic E-state index is 0.0214. The number of benzene rings is 4. The molecule has 0 bridgehead atoms. The summed E-state index contributed by atoms with van der Waals surface area (Å²) in [5.74, 6) is -11.1. The summed E-state index contributed by atoms with van der Waals surface area (Å²) in [5, 5.41) is 90.0. The van der Waals surface area contributed by atoms with Crippen molar-refractivity contribution in [2.24, 2.45) is 5.92 Å². The smallest absolute Gasteiger partial charge is 0.318 e. The van der Waals surface area contributed by atoms with Gasteiger partial charge in [-0.1, -0.05) is 41.0 Å². The number of hydrogen-bond donors (Lipinski definition) is 8. The molecule has 8 N–H and O–H groups in total. The fraction of sp³-hybridized carbons (Fsp3) is 0.289. The van der Waals surface area contributed by atoms with Crippen molar-refractivity contribution in [3.63, 3.8) is 0 Å². The SMILES string of the molecule is CC(C)=CCc1c(O)c(C2C=C(C)CC(c3ccc(O)cc3O)C2C(=O)c2ccc(O)cc2O)c(O)c2c1OC1(CC=C(C)C)c3ccc(O)cc3OC1(O)C2=O. The largest absolute Gasteiger partial charge is 0.508 e. The Morgan fingerprint density at radius 3 is 2.09 bits per heavy atom. The summed E-state index contributed by atoms with van der Waals surface area (Å²) in [4.78, 5) is 29.9. The third-order valence-corrected chi connectivity index (χ3v) is 11.2. The van der Waals surface area contributed by atoms with Crippen molar-refractivity contribution in [1.29, 1.82) is 0 Å². The lowest BCUT2D eigenvalue weighted by atomic mass is 9.64. The molecule has 2 heterocycles. The molecule has 4 aromatic rings. The number of carbonyl (C=O) groups excluding carboxylic acids is 2. The Bertz CT molecular complexity index is 2450. The molecule has 4 aromatic carbocycles. The Morgan fingerprint density at radius 1 is 0.807 bits per heavy atom. The van der Waals surface area contributed by atoms with Crippen LogP contribution in [0.25, 0.3) is 0 Å². The van der Waals surface area contributed by atoms with Crippen molar-refractivity contribution >= 4 is 11.6 Å². The summed E-state index contributed by atoms with van der Waals surface area (Å²) in [6.07, 6.45) is 5.27. The molecule has 0 aromatic heterocycles. The van der Waals surface area contributed by atoms with E-state index in [1.54, 1.807) is 25.2 Å². The number of rotatable bonds is 8. The first-order valence-corrected chi connectivity index (χ1v) is 18.5. The van der Waals surface area contributed by atoms with Gasteiger partial charge < -0.3 is 50.3 Å². The number of phenols is 7. The predicted octanol–water partition coefficient (Wildman–Crippen LogP) is 7.76. The van der Waals surface area contributed by atoms with Gasteiger partial charge in [-0.15, -0.1) is 0 Å². The number of fused-ring (bicyclic) bond motifs is 4. The molecule has 1 aliphatic carbocycles. The Hall–Kier alpha value is -6.40. The fourth-order valence-corrected chi connectivity index (χ4v) is 8.47. The number of aliphatic hydroxyl groups is 1. The van der Waals surface area contributed by atoms with E-state index >= 15 is 4.79 Å². The quantitative estimate of drug-likeness (QED) is 0.0637. The second-order valence-corrected chi connectivity index (χ2v) is 15.6. The molecule has 296 valence electrons. The van der Waals surface area contributed by atoms with E-state index in [-0.39, 0.29) is 81.6 Å². The van der Waals surface area contributed by atoms with E-state index in [2.05, 4.69) is 0 Å². The van der Waals surface area contributed by atoms with Gasteiger partial charge >= 0.3 is 5.79 Å². The number of allylic oxidation sites excluding steroid dienone is 5. The number of ether oxygens (including phenoxy) is 2. The Morgan fingerprint density at radius 2 is 1.44 bits per heavy atom. The van der Waals surface area contributed by atoms with Crippen molar-refractivity contribution in [2.75, 3.05) is 0 Å². The van der Waals surface area contributed by atoms with Gasteiger partial charge in [0.25, 0.3) is 0 Å². The molecule has 0 saturated carbocycles. The van der Waals surface area contributed by atoms with Crippen molar-refractivity contribution in [3.8, 4) is 51.7 Å². The van der Waals surface area contributed by atoms with Crippen molar-refractivity contribution in [2.45, 2.75) is 77.1 Å². The third-order valence-electron chi connectivity index (χ3n) is 11.2. The maximum Gasteiger partial charge on any atom is 0.318 e. The number of aromatic hydroxyl groups is 7. The maximum absolute atomic E-state index is 15.0. The fourth-order valence-electron chi connectivity index (χ4n) is 8.47. The lowest BCUT2D eigenvalue weighted by Crippen LogP contribution is -2.62. The molecule has 0 spiro atoms. The van der Waals surface area contributed by atoms with Crippen LogP contribution in [-0.2, 0) is 12.0 Å². The minimum Gasteiger partial charge on any atom is -0.508 e. The molecule has 12 heteroatoms. The molecule has 2 aliphatic heterocycles. The van der Waals surface area contributed by atoms with Crippen LogP contribution in [0.4, 0.5) is 0 Å². The van der Waals surface area contributed by atoms with Crippen molar-refractivity contribution in [1.82, 2.24) is 0 Å². The van der Waals surface area contributed by atoms with Crippen LogP contribution in [0.3, 0.4) is 0 Å². The van der Waals surface area contributed by atoms with Crippen LogP contribution in [0.2, 0.25) is 0 Å². The van der Waals surface area contributed by atoms with Crippen molar-refractivity contribution < 1.29 is 59.9 Å². The van der Waals surface area contributed by atoms with Crippen molar-refractivity contribution in [3.05, 3.63) is 123 Å². The van der Waals surface area contributed by atoms with Gasteiger partial charge in [0.2, 0.25) is 11.4 Å². The van der Waals surface area contributed by atoms with Crippen LogP contribution < -0.4 is 9.47 Å². The number of phenolic OH excluding ortho intramolecular Hbond substituents is 7. The predicted molar refractivity (Wildman–Crippen MR) is 208 cm³/mol. The number of carbonyl (C=O) groups is 2. The monoisotopic (exact) mass is 776 g/mol. The van der Waals surface area contributed by atoms with E-state index in [0.29, 0.717) is 5.57 Å². The standard InChI is InChI=1S/C45H44O12/c1-21(2)6-10-29-40(52)37(41(53)38-42(29)57-44(15-14-22(3)4)32-13-9-26(48)20-35(32)56-45(44,55)43(38)54)31-17-23(5)16-30(27-11-7-24(46)18-33(27)49)36(31)39(51)28-12-8-25(47)19-34(28)50/h6-9,11-14,17-20,30-31,36,46-50,52-53,55H,10,15-16H2,1-5H3. The zero-order chi connectivity index (χ0) is 41.3. The van der Waals surface area contributed by atoms with Crippen LogP contribution in [0.5, 0.6) is 51.7 Å².